The highest BCUT2D eigenvalue weighted by molar-refractivity contribution is 6.33. The van der Waals surface area contributed by atoms with Crippen LogP contribution in [0, 0.1) is 11.3 Å². The van der Waals surface area contributed by atoms with Crippen LogP contribution in [0.1, 0.15) is 25.8 Å². The van der Waals surface area contributed by atoms with Crippen LogP contribution >= 0.6 is 11.6 Å². The molecule has 0 aliphatic carbocycles. The first-order chi connectivity index (χ1) is 10.4. The molecule has 0 amide bonds. The van der Waals surface area contributed by atoms with Gasteiger partial charge in [0.2, 0.25) is 0 Å². The summed E-state index contributed by atoms with van der Waals surface area (Å²) < 4.78 is 0. The topological polar surface area (TPSA) is 55.2 Å². The highest BCUT2D eigenvalue weighted by Gasteiger charge is 2.22. The molecule has 1 N–H and O–H groups in total. The predicted molar refractivity (Wildman–Crippen MR) is 90.2 cm³/mol. The second-order valence-corrected chi connectivity index (χ2v) is 6.98. The third kappa shape index (κ3) is 4.84. The minimum Gasteiger partial charge on any atom is -0.364 e. The van der Waals surface area contributed by atoms with E-state index in [9.17, 15) is 0 Å². The van der Waals surface area contributed by atoms with Crippen molar-refractivity contribution in [1.82, 2.24) is 14.8 Å². The SMILES string of the molecule is CN1CCN(CCC(C)(C)Nc2ncc(C#N)cc2Cl)CC1. The number of piperazine rings is 1. The summed E-state index contributed by atoms with van der Waals surface area (Å²) in [5.74, 6) is 0.643. The Morgan fingerprint density at radius 1 is 1.36 bits per heavy atom. The van der Waals surface area contributed by atoms with E-state index in [4.69, 9.17) is 16.9 Å². The zero-order valence-corrected chi connectivity index (χ0v) is 14.3. The van der Waals surface area contributed by atoms with Crippen LogP contribution in [0.15, 0.2) is 12.3 Å². The van der Waals surface area contributed by atoms with Gasteiger partial charge in [-0.1, -0.05) is 11.6 Å². The lowest BCUT2D eigenvalue weighted by atomic mass is 10.00. The van der Waals surface area contributed by atoms with Crippen LogP contribution in [0.4, 0.5) is 5.82 Å². The van der Waals surface area contributed by atoms with Gasteiger partial charge in [0, 0.05) is 44.5 Å². The summed E-state index contributed by atoms with van der Waals surface area (Å²) in [5, 5.41) is 12.7. The number of pyridine rings is 1. The zero-order chi connectivity index (χ0) is 16.2. The maximum atomic E-state index is 8.85. The van der Waals surface area contributed by atoms with Crippen molar-refractivity contribution in [3.63, 3.8) is 0 Å². The Bertz CT molecular complexity index is 544. The summed E-state index contributed by atoms with van der Waals surface area (Å²) in [4.78, 5) is 9.11. The molecule has 120 valence electrons. The van der Waals surface area contributed by atoms with Crippen LogP contribution in [-0.2, 0) is 0 Å². The van der Waals surface area contributed by atoms with Crippen LogP contribution in [0.3, 0.4) is 0 Å². The monoisotopic (exact) mass is 321 g/mol. The molecule has 0 bridgehead atoms. The molecule has 6 heteroatoms. The van der Waals surface area contributed by atoms with Crippen LogP contribution in [0.25, 0.3) is 0 Å². The number of likely N-dealkylation sites (N-methyl/N-ethyl adjacent to an activating group) is 1. The van der Waals surface area contributed by atoms with Crippen molar-refractivity contribution in [1.29, 1.82) is 5.26 Å². The summed E-state index contributed by atoms with van der Waals surface area (Å²) in [6.07, 6.45) is 2.56. The number of halogens is 1. The van der Waals surface area contributed by atoms with Gasteiger partial charge in [-0.25, -0.2) is 4.98 Å². The summed E-state index contributed by atoms with van der Waals surface area (Å²) >= 11 is 6.19. The van der Waals surface area contributed by atoms with E-state index in [1.165, 1.54) is 0 Å². The van der Waals surface area contributed by atoms with E-state index < -0.39 is 0 Å². The number of hydrogen-bond acceptors (Lipinski definition) is 5. The number of nitrogens with one attached hydrogen (secondary N) is 1. The van der Waals surface area contributed by atoms with Crippen molar-refractivity contribution < 1.29 is 0 Å². The third-order valence-electron chi connectivity index (χ3n) is 4.08. The number of anilines is 1. The first-order valence-corrected chi connectivity index (χ1v) is 8.02. The van der Waals surface area contributed by atoms with Gasteiger partial charge >= 0.3 is 0 Å². The lowest BCUT2D eigenvalue weighted by molar-refractivity contribution is 0.147. The molecule has 1 fully saturated rings. The molecule has 0 spiro atoms. The van der Waals surface area contributed by atoms with Crippen molar-refractivity contribution in [3.05, 3.63) is 22.8 Å². The predicted octanol–water partition coefficient (Wildman–Crippen LogP) is 2.43. The second kappa shape index (κ2) is 7.28. The van der Waals surface area contributed by atoms with E-state index in [-0.39, 0.29) is 5.54 Å². The smallest absolute Gasteiger partial charge is 0.145 e. The molecule has 1 aromatic heterocycles. The van der Waals surface area contributed by atoms with Crippen LogP contribution in [0.2, 0.25) is 5.02 Å². The van der Waals surface area contributed by atoms with Gasteiger partial charge < -0.3 is 15.1 Å². The molecule has 2 heterocycles. The lowest BCUT2D eigenvalue weighted by Gasteiger charge is -2.35. The van der Waals surface area contributed by atoms with Gasteiger partial charge in [0.1, 0.15) is 11.9 Å². The molecule has 1 saturated heterocycles. The largest absolute Gasteiger partial charge is 0.364 e. The molecule has 0 radical (unpaired) electrons. The van der Waals surface area contributed by atoms with Gasteiger partial charge in [0.15, 0.2) is 0 Å². The number of nitrogens with zero attached hydrogens (tertiary/aromatic N) is 4. The summed E-state index contributed by atoms with van der Waals surface area (Å²) in [6, 6.07) is 3.69. The summed E-state index contributed by atoms with van der Waals surface area (Å²) in [5.41, 5.74) is 0.375. The van der Waals surface area contributed by atoms with Crippen LogP contribution in [0.5, 0.6) is 0 Å². The van der Waals surface area contributed by atoms with Crippen molar-refractivity contribution >= 4 is 17.4 Å². The third-order valence-corrected chi connectivity index (χ3v) is 4.36. The van der Waals surface area contributed by atoms with Gasteiger partial charge in [-0.05, 0) is 33.4 Å². The maximum absolute atomic E-state index is 8.85. The molecule has 0 saturated carbocycles. The molecule has 1 aliphatic heterocycles. The number of aromatic nitrogens is 1. The van der Waals surface area contributed by atoms with Crippen molar-refractivity contribution in [3.8, 4) is 6.07 Å². The van der Waals surface area contributed by atoms with Crippen LogP contribution in [-0.4, -0.2) is 60.1 Å². The number of rotatable bonds is 5. The number of hydrogen-bond donors (Lipinski definition) is 1. The van der Waals surface area contributed by atoms with E-state index in [1.54, 1.807) is 12.3 Å². The molecule has 1 aliphatic rings. The molecule has 5 nitrogen and oxygen atoms in total. The number of nitriles is 1. The van der Waals surface area contributed by atoms with E-state index in [0.717, 1.165) is 39.1 Å². The Morgan fingerprint density at radius 2 is 2.05 bits per heavy atom. The summed E-state index contributed by atoms with van der Waals surface area (Å²) in [6.45, 7) is 9.89. The van der Waals surface area contributed by atoms with Crippen LogP contribution < -0.4 is 5.32 Å². The van der Waals surface area contributed by atoms with Crippen molar-refractivity contribution in [2.24, 2.45) is 0 Å². The molecule has 22 heavy (non-hydrogen) atoms. The summed E-state index contributed by atoms with van der Waals surface area (Å²) in [7, 11) is 2.17. The molecule has 0 unspecified atom stereocenters. The van der Waals surface area contributed by atoms with Gasteiger partial charge in [-0.15, -0.1) is 0 Å². The first kappa shape index (κ1) is 17.0. The molecular weight excluding hydrogens is 298 g/mol. The Balaban J connectivity index is 1.89. The lowest BCUT2D eigenvalue weighted by Crippen LogP contribution is -2.46. The maximum Gasteiger partial charge on any atom is 0.145 e. The minimum absolute atomic E-state index is 0.103. The van der Waals surface area contributed by atoms with Crippen molar-refractivity contribution in [2.45, 2.75) is 25.8 Å². The molecular formula is C16H24ClN5. The molecule has 0 atom stereocenters. The first-order valence-electron chi connectivity index (χ1n) is 7.64. The highest BCUT2D eigenvalue weighted by atomic mass is 35.5. The average molecular weight is 322 g/mol. The molecule has 1 aromatic rings. The standard InChI is InChI=1S/C16H24ClN5/c1-16(2,4-5-22-8-6-21(3)7-9-22)20-15-14(17)10-13(11-18)12-19-15/h10,12H,4-9H2,1-3H3,(H,19,20). The fourth-order valence-corrected chi connectivity index (χ4v) is 2.70. The average Bonchev–Trinajstić information content (AvgIpc) is 2.49. The minimum atomic E-state index is -0.103. The van der Waals surface area contributed by atoms with Gasteiger partial charge in [-0.3, -0.25) is 0 Å². The van der Waals surface area contributed by atoms with E-state index in [0.29, 0.717) is 16.4 Å². The van der Waals surface area contributed by atoms with E-state index in [2.05, 4.69) is 41.0 Å². The quantitative estimate of drug-likeness (QED) is 0.902. The molecule has 0 aromatic carbocycles. The Morgan fingerprint density at radius 3 is 2.64 bits per heavy atom. The Labute approximate surface area is 137 Å². The fraction of sp³-hybridized carbons (Fsp3) is 0.625. The van der Waals surface area contributed by atoms with Gasteiger partial charge in [-0.2, -0.15) is 5.26 Å². The normalized spacial score (nSPS) is 17.2. The van der Waals surface area contributed by atoms with Gasteiger partial charge in [0.05, 0.1) is 10.6 Å². The second-order valence-electron chi connectivity index (χ2n) is 6.57. The van der Waals surface area contributed by atoms with E-state index in [1.807, 2.05) is 6.07 Å². The molecule has 2 rings (SSSR count). The van der Waals surface area contributed by atoms with Gasteiger partial charge in [0.25, 0.3) is 0 Å². The highest BCUT2D eigenvalue weighted by Crippen LogP contribution is 2.25. The zero-order valence-electron chi connectivity index (χ0n) is 13.6. The van der Waals surface area contributed by atoms with E-state index >= 15 is 0 Å². The van der Waals surface area contributed by atoms with Crippen molar-refractivity contribution in [2.75, 3.05) is 45.1 Å². The Hall–Kier alpha value is -1.35. The fourth-order valence-electron chi connectivity index (χ4n) is 2.48. The Kier molecular flexibility index (Phi) is 5.63.